The fraction of sp³-hybridized carbons (Fsp3) is 0.333. The minimum absolute atomic E-state index is 0.167. The number of carbonyl (C=O) groups excluding carboxylic acids is 2. The van der Waals surface area contributed by atoms with Gasteiger partial charge in [-0.25, -0.2) is 4.79 Å². The summed E-state index contributed by atoms with van der Waals surface area (Å²) in [4.78, 5) is 23.2. The van der Waals surface area contributed by atoms with E-state index in [0.29, 0.717) is 11.6 Å². The average molecular weight is 272 g/mol. The molecule has 1 unspecified atom stereocenters. The number of benzene rings is 1. The van der Waals surface area contributed by atoms with Gasteiger partial charge in [0.05, 0.1) is 14.2 Å². The minimum Gasteiger partial charge on any atom is -0.453 e. The van der Waals surface area contributed by atoms with Gasteiger partial charge >= 0.3 is 6.09 Å². The van der Waals surface area contributed by atoms with Crippen molar-refractivity contribution in [2.24, 2.45) is 0 Å². The summed E-state index contributed by atoms with van der Waals surface area (Å²) in [5, 5.41) is 2.78. The van der Waals surface area contributed by atoms with E-state index in [-0.39, 0.29) is 12.5 Å². The molecule has 0 aliphatic rings. The van der Waals surface area contributed by atoms with Crippen molar-refractivity contribution in [2.75, 3.05) is 20.7 Å². The number of halogens is 1. The van der Waals surface area contributed by atoms with Gasteiger partial charge in [0.15, 0.2) is 6.54 Å². The maximum Gasteiger partial charge on any atom is 0.413 e. The van der Waals surface area contributed by atoms with Crippen LogP contribution in [0, 0.1) is 0 Å². The molecule has 0 bridgehead atoms. The van der Waals surface area contributed by atoms with Crippen LogP contribution in [0.15, 0.2) is 24.3 Å². The first-order valence-corrected chi connectivity index (χ1v) is 5.83. The maximum absolute atomic E-state index is 11.4. The molecular formula is C12H16ClN2O3+. The van der Waals surface area contributed by atoms with Crippen LogP contribution in [0.5, 0.6) is 0 Å². The number of quaternary nitrogens is 1. The van der Waals surface area contributed by atoms with Crippen molar-refractivity contribution in [1.29, 1.82) is 0 Å². The smallest absolute Gasteiger partial charge is 0.413 e. The molecule has 0 fully saturated rings. The Bertz CT molecular complexity index is 437. The van der Waals surface area contributed by atoms with Crippen molar-refractivity contribution in [3.05, 3.63) is 34.9 Å². The molecule has 1 aromatic carbocycles. The molecule has 0 heterocycles. The van der Waals surface area contributed by atoms with Gasteiger partial charge in [0, 0.05) is 10.6 Å². The van der Waals surface area contributed by atoms with Crippen molar-refractivity contribution >= 4 is 23.6 Å². The van der Waals surface area contributed by atoms with E-state index >= 15 is 0 Å². The second-order valence-electron chi connectivity index (χ2n) is 3.94. The van der Waals surface area contributed by atoms with E-state index in [4.69, 9.17) is 11.6 Å². The number of ether oxygens (including phenoxy) is 1. The van der Waals surface area contributed by atoms with Gasteiger partial charge in [0.25, 0.3) is 5.91 Å². The summed E-state index contributed by atoms with van der Waals surface area (Å²) in [7, 11) is 3.06. The number of hydrogen-bond acceptors (Lipinski definition) is 3. The second kappa shape index (κ2) is 6.98. The van der Waals surface area contributed by atoms with Gasteiger partial charge in [-0.3, -0.25) is 10.1 Å². The lowest BCUT2D eigenvalue weighted by Crippen LogP contribution is -3.09. The Morgan fingerprint density at radius 3 is 2.67 bits per heavy atom. The molecule has 1 atom stereocenters. The zero-order chi connectivity index (χ0) is 13.5. The summed E-state index contributed by atoms with van der Waals surface area (Å²) in [5.41, 5.74) is 0.961. The summed E-state index contributed by atoms with van der Waals surface area (Å²) in [6.45, 7) is 0.772. The molecule has 0 saturated carbocycles. The van der Waals surface area contributed by atoms with Crippen LogP contribution in [-0.2, 0) is 16.1 Å². The Morgan fingerprint density at radius 1 is 1.39 bits per heavy atom. The molecule has 0 aliphatic heterocycles. The predicted molar refractivity (Wildman–Crippen MR) is 67.5 cm³/mol. The number of imide groups is 1. The van der Waals surface area contributed by atoms with E-state index in [1.807, 2.05) is 25.2 Å². The highest BCUT2D eigenvalue weighted by Gasteiger charge is 2.14. The van der Waals surface area contributed by atoms with Crippen LogP contribution in [0.3, 0.4) is 0 Å². The molecule has 2 N–H and O–H groups in total. The lowest BCUT2D eigenvalue weighted by Gasteiger charge is -2.14. The molecule has 18 heavy (non-hydrogen) atoms. The molecule has 98 valence electrons. The summed E-state index contributed by atoms with van der Waals surface area (Å²) in [6.07, 6.45) is -0.745. The zero-order valence-electron chi connectivity index (χ0n) is 10.3. The molecule has 0 aromatic heterocycles. The van der Waals surface area contributed by atoms with E-state index < -0.39 is 6.09 Å². The van der Waals surface area contributed by atoms with E-state index in [1.54, 1.807) is 6.07 Å². The second-order valence-corrected chi connectivity index (χ2v) is 4.35. The fourth-order valence-corrected chi connectivity index (χ4v) is 1.72. The molecule has 2 amide bonds. The molecule has 0 radical (unpaired) electrons. The standard InChI is InChI=1S/C12H15ClN2O3/c1-15(8-11(16)14-12(17)18-2)7-9-5-3-4-6-10(9)13/h3-6H,7-8H2,1-2H3,(H,14,16,17)/p+1. The molecule has 5 nitrogen and oxygen atoms in total. The lowest BCUT2D eigenvalue weighted by atomic mass is 10.2. The van der Waals surface area contributed by atoms with E-state index in [0.717, 1.165) is 10.5 Å². The predicted octanol–water partition coefficient (Wildman–Crippen LogP) is 0.237. The van der Waals surface area contributed by atoms with E-state index in [1.165, 1.54) is 7.11 Å². The summed E-state index contributed by atoms with van der Waals surface area (Å²) >= 11 is 6.02. The molecular weight excluding hydrogens is 256 g/mol. The van der Waals surface area contributed by atoms with Gasteiger partial charge in [-0.15, -0.1) is 0 Å². The third-order valence-electron chi connectivity index (χ3n) is 2.34. The van der Waals surface area contributed by atoms with Gasteiger partial charge in [0.1, 0.15) is 6.54 Å². The van der Waals surface area contributed by atoms with Crippen LogP contribution in [0.25, 0.3) is 0 Å². The number of amides is 2. The first-order valence-electron chi connectivity index (χ1n) is 5.45. The molecule has 1 rings (SSSR count). The number of nitrogens with one attached hydrogen (secondary N) is 2. The van der Waals surface area contributed by atoms with Crippen LogP contribution < -0.4 is 10.2 Å². The van der Waals surface area contributed by atoms with Crippen LogP contribution in [0.1, 0.15) is 5.56 Å². The van der Waals surface area contributed by atoms with Crippen LogP contribution in [0.4, 0.5) is 4.79 Å². The van der Waals surface area contributed by atoms with E-state index in [9.17, 15) is 9.59 Å². The van der Waals surface area contributed by atoms with E-state index in [2.05, 4.69) is 10.1 Å². The Morgan fingerprint density at radius 2 is 2.06 bits per heavy atom. The maximum atomic E-state index is 11.4. The van der Waals surface area contributed by atoms with Crippen molar-refractivity contribution in [3.63, 3.8) is 0 Å². The summed E-state index contributed by atoms with van der Waals surface area (Å²) in [5.74, 6) is -0.383. The number of rotatable bonds is 4. The number of likely N-dealkylation sites (N-methyl/N-ethyl adjacent to an activating group) is 1. The number of hydrogen-bond donors (Lipinski definition) is 2. The monoisotopic (exact) mass is 271 g/mol. The Kier molecular flexibility index (Phi) is 5.61. The van der Waals surface area contributed by atoms with Crippen LogP contribution in [0.2, 0.25) is 5.02 Å². The van der Waals surface area contributed by atoms with Crippen LogP contribution in [-0.4, -0.2) is 32.7 Å². The first-order chi connectivity index (χ1) is 8.52. The quantitative estimate of drug-likeness (QED) is 0.825. The zero-order valence-corrected chi connectivity index (χ0v) is 11.1. The molecule has 0 aliphatic carbocycles. The lowest BCUT2D eigenvalue weighted by molar-refractivity contribution is -0.885. The largest absolute Gasteiger partial charge is 0.453 e. The number of methoxy groups -OCH3 is 1. The Hall–Kier alpha value is -1.59. The summed E-state index contributed by atoms with van der Waals surface area (Å²) < 4.78 is 4.34. The third kappa shape index (κ3) is 4.73. The van der Waals surface area contributed by atoms with Crippen molar-refractivity contribution in [1.82, 2.24) is 5.32 Å². The summed E-state index contributed by atoms with van der Waals surface area (Å²) in [6, 6.07) is 7.46. The Balaban J connectivity index is 2.47. The molecule has 0 saturated heterocycles. The van der Waals surface area contributed by atoms with Crippen molar-refractivity contribution in [2.45, 2.75) is 6.54 Å². The molecule has 0 spiro atoms. The molecule has 1 aromatic rings. The van der Waals surface area contributed by atoms with Crippen molar-refractivity contribution < 1.29 is 19.2 Å². The van der Waals surface area contributed by atoms with Gasteiger partial charge in [-0.2, -0.15) is 0 Å². The van der Waals surface area contributed by atoms with Gasteiger partial charge < -0.3 is 9.64 Å². The fourth-order valence-electron chi connectivity index (χ4n) is 1.51. The first kappa shape index (κ1) is 14.5. The van der Waals surface area contributed by atoms with Crippen molar-refractivity contribution in [3.8, 4) is 0 Å². The highest BCUT2D eigenvalue weighted by molar-refractivity contribution is 6.31. The minimum atomic E-state index is -0.745. The highest BCUT2D eigenvalue weighted by Crippen LogP contribution is 2.13. The third-order valence-corrected chi connectivity index (χ3v) is 2.71. The van der Waals surface area contributed by atoms with Gasteiger partial charge in [-0.1, -0.05) is 29.8 Å². The number of carbonyl (C=O) groups is 2. The Labute approximate surface area is 111 Å². The normalized spacial score (nSPS) is 11.7. The number of alkyl carbamates (subject to hydrolysis) is 1. The van der Waals surface area contributed by atoms with Crippen LogP contribution >= 0.6 is 11.6 Å². The molecule has 6 heteroatoms. The van der Waals surface area contributed by atoms with Gasteiger partial charge in [-0.05, 0) is 6.07 Å². The SMILES string of the molecule is COC(=O)NC(=O)C[NH+](C)Cc1ccccc1Cl. The average Bonchev–Trinajstić information content (AvgIpc) is 2.31. The van der Waals surface area contributed by atoms with Gasteiger partial charge in [0.2, 0.25) is 0 Å². The highest BCUT2D eigenvalue weighted by atomic mass is 35.5. The topological polar surface area (TPSA) is 59.8 Å².